The lowest BCUT2D eigenvalue weighted by molar-refractivity contribution is -0.124. The van der Waals surface area contributed by atoms with E-state index in [-0.39, 0.29) is 24.0 Å². The molecule has 2 amide bonds. The van der Waals surface area contributed by atoms with Crippen molar-refractivity contribution in [1.82, 2.24) is 20.2 Å². The highest BCUT2D eigenvalue weighted by molar-refractivity contribution is 7.22. The number of halogens is 1. The zero-order valence-electron chi connectivity index (χ0n) is 20.8. The molecule has 1 saturated carbocycles. The lowest BCUT2D eigenvalue weighted by Gasteiger charge is -2.11. The molecule has 0 saturated heterocycles. The predicted octanol–water partition coefficient (Wildman–Crippen LogP) is 4.32. The van der Waals surface area contributed by atoms with Crippen LogP contribution in [0.25, 0.3) is 20.7 Å². The van der Waals surface area contributed by atoms with Gasteiger partial charge in [-0.3, -0.25) is 14.9 Å². The number of carbonyl (C=O) groups is 2. The summed E-state index contributed by atoms with van der Waals surface area (Å²) in [6.45, 7) is 5.17. The van der Waals surface area contributed by atoms with E-state index in [1.165, 1.54) is 12.8 Å². The van der Waals surface area contributed by atoms with Crippen molar-refractivity contribution in [2.75, 3.05) is 32.6 Å². The minimum atomic E-state index is -0.430. The van der Waals surface area contributed by atoms with E-state index >= 15 is 0 Å². The van der Waals surface area contributed by atoms with Crippen molar-refractivity contribution >= 4 is 51.6 Å². The highest BCUT2D eigenvalue weighted by Crippen LogP contribution is 2.41. The normalized spacial score (nSPS) is 15.5. The van der Waals surface area contributed by atoms with Crippen LogP contribution in [0.2, 0.25) is 0 Å². The first kappa shape index (κ1) is 26.1. The molecule has 190 valence electrons. The largest absolute Gasteiger partial charge is 0.492 e. The van der Waals surface area contributed by atoms with Gasteiger partial charge >= 0.3 is 0 Å². The second-order valence-corrected chi connectivity index (χ2v) is 10.5. The standard InChI is InChI=1S/C26H29N5O3S.ClH/c1-14-20-23(29-21-15(2)24(32)30-25(21)33)27-19(13-16-5-6-16)28-26(20)35-22(14)17-7-9-18(10-8-17)34-12-11-31(3)4;/h7-10,16H,5-6,11-13H2,1-4H3,(H2,27,28,29,30,32,33);1H. The maximum Gasteiger partial charge on any atom is 0.275 e. The molecule has 0 unspecified atom stereocenters. The van der Waals surface area contributed by atoms with Crippen LogP contribution in [0.1, 0.15) is 31.2 Å². The van der Waals surface area contributed by atoms with Crippen LogP contribution in [0.3, 0.4) is 0 Å². The van der Waals surface area contributed by atoms with Gasteiger partial charge in [-0.15, -0.1) is 23.7 Å². The van der Waals surface area contributed by atoms with E-state index in [0.29, 0.717) is 23.9 Å². The fourth-order valence-corrected chi connectivity index (χ4v) is 5.29. The van der Waals surface area contributed by atoms with Crippen molar-refractivity contribution in [2.45, 2.75) is 33.1 Å². The van der Waals surface area contributed by atoms with Crippen LogP contribution in [0, 0.1) is 12.8 Å². The lowest BCUT2D eigenvalue weighted by Crippen LogP contribution is -2.24. The maximum absolute atomic E-state index is 12.4. The molecule has 3 heterocycles. The fourth-order valence-electron chi connectivity index (χ4n) is 4.08. The first-order valence-corrected chi connectivity index (χ1v) is 12.6. The van der Waals surface area contributed by atoms with Crippen LogP contribution >= 0.6 is 23.7 Å². The molecule has 8 nitrogen and oxygen atoms in total. The molecule has 36 heavy (non-hydrogen) atoms. The summed E-state index contributed by atoms with van der Waals surface area (Å²) in [4.78, 5) is 38.1. The van der Waals surface area contributed by atoms with Crippen molar-refractivity contribution in [3.63, 3.8) is 0 Å². The van der Waals surface area contributed by atoms with Crippen molar-refractivity contribution in [2.24, 2.45) is 5.92 Å². The van der Waals surface area contributed by atoms with Crippen molar-refractivity contribution in [3.8, 4) is 16.2 Å². The van der Waals surface area contributed by atoms with Crippen LogP contribution in [0.15, 0.2) is 35.5 Å². The lowest BCUT2D eigenvalue weighted by atomic mass is 10.1. The average molecular weight is 528 g/mol. The molecule has 5 rings (SSSR count). The number of aryl methyl sites for hydroxylation is 1. The second-order valence-electron chi connectivity index (χ2n) is 9.46. The number of nitrogens with zero attached hydrogens (tertiary/aromatic N) is 3. The highest BCUT2D eigenvalue weighted by atomic mass is 35.5. The molecule has 1 aliphatic heterocycles. The molecule has 0 bridgehead atoms. The van der Waals surface area contributed by atoms with Gasteiger partial charge in [0.2, 0.25) is 0 Å². The molecule has 3 aromatic rings. The molecule has 0 atom stereocenters. The van der Waals surface area contributed by atoms with Gasteiger partial charge in [0, 0.05) is 23.4 Å². The number of aromatic nitrogens is 2. The van der Waals surface area contributed by atoms with Crippen LogP contribution in [-0.2, 0) is 16.0 Å². The number of imide groups is 1. The third kappa shape index (κ3) is 5.38. The van der Waals surface area contributed by atoms with E-state index in [4.69, 9.17) is 14.7 Å². The molecule has 2 aromatic heterocycles. The Hall–Kier alpha value is -3.01. The van der Waals surface area contributed by atoms with Crippen LogP contribution in [0.4, 0.5) is 5.82 Å². The minimum absolute atomic E-state index is 0. The summed E-state index contributed by atoms with van der Waals surface area (Å²) >= 11 is 1.62. The molecule has 2 N–H and O–H groups in total. The Kier molecular flexibility index (Phi) is 7.63. The first-order chi connectivity index (χ1) is 16.8. The molecule has 0 radical (unpaired) electrons. The van der Waals surface area contributed by atoms with Gasteiger partial charge in [-0.25, -0.2) is 9.97 Å². The van der Waals surface area contributed by atoms with E-state index < -0.39 is 5.91 Å². The number of rotatable bonds is 9. The Balaban J connectivity index is 0.00000304. The van der Waals surface area contributed by atoms with E-state index in [9.17, 15) is 9.59 Å². The average Bonchev–Trinajstić information content (AvgIpc) is 3.52. The van der Waals surface area contributed by atoms with Crippen molar-refractivity contribution in [3.05, 3.63) is 46.9 Å². The smallest absolute Gasteiger partial charge is 0.275 e. The van der Waals surface area contributed by atoms with Crippen LogP contribution in [-0.4, -0.2) is 53.9 Å². The molecule has 1 aromatic carbocycles. The van der Waals surface area contributed by atoms with Gasteiger partial charge in [-0.2, -0.15) is 0 Å². The summed E-state index contributed by atoms with van der Waals surface area (Å²) in [5.41, 5.74) is 2.72. The fraction of sp³-hybridized carbons (Fsp3) is 0.385. The monoisotopic (exact) mass is 527 g/mol. The maximum atomic E-state index is 12.4. The third-order valence-corrected chi connectivity index (χ3v) is 7.58. The number of anilines is 1. The highest BCUT2D eigenvalue weighted by Gasteiger charge is 2.30. The number of hydrogen-bond donors (Lipinski definition) is 2. The van der Waals surface area contributed by atoms with Gasteiger partial charge in [0.25, 0.3) is 11.8 Å². The van der Waals surface area contributed by atoms with Gasteiger partial charge in [0.1, 0.15) is 34.5 Å². The van der Waals surface area contributed by atoms with Gasteiger partial charge in [0.15, 0.2) is 0 Å². The van der Waals surface area contributed by atoms with E-state index in [1.54, 1.807) is 18.3 Å². The van der Waals surface area contributed by atoms with E-state index in [1.807, 2.05) is 33.2 Å². The third-order valence-electron chi connectivity index (χ3n) is 6.34. The summed E-state index contributed by atoms with van der Waals surface area (Å²) in [6.07, 6.45) is 3.21. The van der Waals surface area contributed by atoms with Gasteiger partial charge in [0.05, 0.1) is 5.39 Å². The minimum Gasteiger partial charge on any atom is -0.492 e. The van der Waals surface area contributed by atoms with Gasteiger partial charge in [-0.1, -0.05) is 0 Å². The molecular weight excluding hydrogens is 498 g/mol. The summed E-state index contributed by atoms with van der Waals surface area (Å²) in [7, 11) is 4.04. The van der Waals surface area contributed by atoms with Gasteiger partial charge < -0.3 is 15.0 Å². The van der Waals surface area contributed by atoms with Crippen molar-refractivity contribution < 1.29 is 14.3 Å². The van der Waals surface area contributed by atoms with E-state index in [2.05, 4.69) is 27.7 Å². The second kappa shape index (κ2) is 10.5. The van der Waals surface area contributed by atoms with Crippen molar-refractivity contribution in [1.29, 1.82) is 0 Å². The number of thiophene rings is 1. The number of nitrogens with one attached hydrogen (secondary N) is 2. The first-order valence-electron chi connectivity index (χ1n) is 11.8. The molecule has 1 aliphatic carbocycles. The number of benzene rings is 1. The SMILES string of the molecule is CC1=C(Nc2nc(CC3CC3)nc3sc(-c4ccc(OCCN(C)C)cc4)c(C)c23)C(=O)NC1=O.Cl. The summed E-state index contributed by atoms with van der Waals surface area (Å²) in [6, 6.07) is 8.09. The number of amides is 2. The number of hydrogen-bond acceptors (Lipinski definition) is 8. The molecule has 0 spiro atoms. The molecular formula is C26H30ClN5O3S. The molecule has 2 aliphatic rings. The number of likely N-dealkylation sites (N-methyl/N-ethyl adjacent to an activating group) is 1. The summed E-state index contributed by atoms with van der Waals surface area (Å²) in [5, 5.41) is 6.39. The Morgan fingerprint density at radius 1 is 1.11 bits per heavy atom. The molecule has 1 fully saturated rings. The topological polar surface area (TPSA) is 96.5 Å². The molecule has 10 heteroatoms. The van der Waals surface area contributed by atoms with Crippen LogP contribution in [0.5, 0.6) is 5.75 Å². The summed E-state index contributed by atoms with van der Waals surface area (Å²) < 4.78 is 5.84. The summed E-state index contributed by atoms with van der Waals surface area (Å²) in [5.74, 6) is 2.00. The van der Waals surface area contributed by atoms with Crippen LogP contribution < -0.4 is 15.4 Å². The predicted molar refractivity (Wildman–Crippen MR) is 145 cm³/mol. The number of fused-ring (bicyclic) bond motifs is 1. The number of ether oxygens (including phenoxy) is 1. The zero-order chi connectivity index (χ0) is 24.7. The quantitative estimate of drug-likeness (QED) is 0.400. The van der Waals surface area contributed by atoms with Gasteiger partial charge in [-0.05, 0) is 82.1 Å². The Labute approximate surface area is 220 Å². The Bertz CT molecular complexity index is 1350. The number of carbonyl (C=O) groups excluding carboxylic acids is 2. The Morgan fingerprint density at radius 3 is 2.44 bits per heavy atom. The Morgan fingerprint density at radius 2 is 1.83 bits per heavy atom. The zero-order valence-corrected chi connectivity index (χ0v) is 22.4. The van der Waals surface area contributed by atoms with E-state index in [0.717, 1.165) is 50.8 Å².